The lowest BCUT2D eigenvalue weighted by Crippen LogP contribution is -2.47. The van der Waals surface area contributed by atoms with Crippen LogP contribution in [0.1, 0.15) is 44.9 Å². The lowest BCUT2D eigenvalue weighted by molar-refractivity contribution is -0.125. The minimum absolute atomic E-state index is 0.223. The second-order valence-corrected chi connectivity index (χ2v) is 6.54. The number of hydrogen-bond donors (Lipinski definition) is 2. The number of rotatable bonds is 3. The third-order valence-corrected chi connectivity index (χ3v) is 5.44. The van der Waals surface area contributed by atoms with Crippen LogP contribution in [-0.4, -0.2) is 38.3 Å². The average molecular weight is 266 g/mol. The number of ether oxygens (including phenoxy) is 1. The van der Waals surface area contributed by atoms with Gasteiger partial charge >= 0.3 is 0 Å². The maximum Gasteiger partial charge on any atom is 0.224 e. The summed E-state index contributed by atoms with van der Waals surface area (Å²) >= 11 is 0. The summed E-state index contributed by atoms with van der Waals surface area (Å²) in [6, 6.07) is 0.241. The van der Waals surface area contributed by atoms with E-state index in [0.29, 0.717) is 5.41 Å². The second kappa shape index (κ2) is 5.41. The van der Waals surface area contributed by atoms with Gasteiger partial charge in [-0.2, -0.15) is 0 Å². The molecule has 2 aliphatic carbocycles. The van der Waals surface area contributed by atoms with Gasteiger partial charge in [-0.3, -0.25) is 4.79 Å². The van der Waals surface area contributed by atoms with Crippen LogP contribution in [0.3, 0.4) is 0 Å². The van der Waals surface area contributed by atoms with Gasteiger partial charge in [-0.1, -0.05) is 12.8 Å². The van der Waals surface area contributed by atoms with Crippen LogP contribution in [0, 0.1) is 11.3 Å². The molecule has 1 spiro atoms. The molecule has 1 aliphatic heterocycles. The Labute approximate surface area is 115 Å². The summed E-state index contributed by atoms with van der Waals surface area (Å²) in [7, 11) is 1.76. The molecule has 0 radical (unpaired) electrons. The van der Waals surface area contributed by atoms with Gasteiger partial charge in [0.2, 0.25) is 5.91 Å². The number of methoxy groups -OCH3 is 1. The van der Waals surface area contributed by atoms with Crippen molar-refractivity contribution in [3.63, 3.8) is 0 Å². The standard InChI is InChI=1S/C15H26N2O2/c1-19-13-5-3-2-4-12(13)17-14(18)11-10-15(11)6-8-16-9-7-15/h11-13,16H,2-10H2,1H3,(H,17,18). The van der Waals surface area contributed by atoms with Crippen molar-refractivity contribution in [3.8, 4) is 0 Å². The topological polar surface area (TPSA) is 50.4 Å². The van der Waals surface area contributed by atoms with Crippen LogP contribution in [0.15, 0.2) is 0 Å². The van der Waals surface area contributed by atoms with Crippen LogP contribution in [0.4, 0.5) is 0 Å². The second-order valence-electron chi connectivity index (χ2n) is 6.54. The minimum Gasteiger partial charge on any atom is -0.379 e. The first kappa shape index (κ1) is 13.4. The highest BCUT2D eigenvalue weighted by atomic mass is 16.5. The van der Waals surface area contributed by atoms with Gasteiger partial charge < -0.3 is 15.4 Å². The lowest BCUT2D eigenvalue weighted by atomic mass is 9.90. The van der Waals surface area contributed by atoms with Crippen molar-refractivity contribution in [1.82, 2.24) is 10.6 Å². The lowest BCUT2D eigenvalue weighted by Gasteiger charge is -2.31. The average Bonchev–Trinajstić information content (AvgIpc) is 3.14. The molecule has 2 saturated carbocycles. The van der Waals surface area contributed by atoms with Gasteiger partial charge in [0.15, 0.2) is 0 Å². The van der Waals surface area contributed by atoms with Crippen molar-refractivity contribution in [2.24, 2.45) is 11.3 Å². The van der Waals surface area contributed by atoms with Gasteiger partial charge in [-0.25, -0.2) is 0 Å². The van der Waals surface area contributed by atoms with Crippen molar-refractivity contribution in [3.05, 3.63) is 0 Å². The molecule has 0 aromatic heterocycles. The van der Waals surface area contributed by atoms with Crippen molar-refractivity contribution in [2.75, 3.05) is 20.2 Å². The Balaban J connectivity index is 1.54. The van der Waals surface area contributed by atoms with Crippen LogP contribution in [-0.2, 0) is 9.53 Å². The molecule has 19 heavy (non-hydrogen) atoms. The molecule has 0 bridgehead atoms. The maximum absolute atomic E-state index is 12.4. The number of amides is 1. The predicted molar refractivity (Wildman–Crippen MR) is 73.8 cm³/mol. The Kier molecular flexibility index (Phi) is 3.81. The number of nitrogens with one attached hydrogen (secondary N) is 2. The highest BCUT2D eigenvalue weighted by Gasteiger charge is 2.57. The van der Waals surface area contributed by atoms with Crippen LogP contribution < -0.4 is 10.6 Å². The van der Waals surface area contributed by atoms with Gasteiger partial charge in [0, 0.05) is 13.0 Å². The maximum atomic E-state index is 12.4. The summed E-state index contributed by atoms with van der Waals surface area (Å²) in [6.45, 7) is 2.15. The molecule has 1 heterocycles. The zero-order valence-electron chi connectivity index (χ0n) is 11.9. The van der Waals surface area contributed by atoms with E-state index in [-0.39, 0.29) is 24.0 Å². The molecule has 2 N–H and O–H groups in total. The molecule has 4 nitrogen and oxygen atoms in total. The molecule has 3 unspecified atom stereocenters. The van der Waals surface area contributed by atoms with E-state index in [0.717, 1.165) is 32.4 Å². The molecular weight excluding hydrogens is 240 g/mol. The highest BCUT2D eigenvalue weighted by molar-refractivity contribution is 5.83. The van der Waals surface area contributed by atoms with E-state index in [2.05, 4.69) is 10.6 Å². The molecule has 108 valence electrons. The van der Waals surface area contributed by atoms with Crippen LogP contribution in [0.5, 0.6) is 0 Å². The van der Waals surface area contributed by atoms with E-state index in [1.165, 1.54) is 25.7 Å². The van der Waals surface area contributed by atoms with Crippen molar-refractivity contribution in [1.29, 1.82) is 0 Å². The van der Waals surface area contributed by atoms with Crippen LogP contribution in [0.25, 0.3) is 0 Å². The predicted octanol–water partition coefficient (Wildman–Crippen LogP) is 1.45. The number of carbonyl (C=O) groups excluding carboxylic acids is 1. The fraction of sp³-hybridized carbons (Fsp3) is 0.933. The van der Waals surface area contributed by atoms with E-state index in [4.69, 9.17) is 4.74 Å². The number of hydrogen-bond acceptors (Lipinski definition) is 3. The Bertz CT molecular complexity index is 339. The van der Waals surface area contributed by atoms with Crippen molar-refractivity contribution < 1.29 is 9.53 Å². The minimum atomic E-state index is 0.223. The zero-order valence-corrected chi connectivity index (χ0v) is 11.9. The van der Waals surface area contributed by atoms with Crippen molar-refractivity contribution in [2.45, 2.75) is 57.1 Å². The molecule has 0 aromatic carbocycles. The van der Waals surface area contributed by atoms with E-state index in [1.807, 2.05) is 0 Å². The zero-order chi connectivity index (χ0) is 13.3. The molecule has 3 atom stereocenters. The first-order valence-electron chi connectivity index (χ1n) is 7.79. The van der Waals surface area contributed by atoms with Gasteiger partial charge in [0.05, 0.1) is 12.1 Å². The summed E-state index contributed by atoms with van der Waals surface area (Å²) in [5, 5.41) is 6.65. The summed E-state index contributed by atoms with van der Waals surface area (Å²) in [5.41, 5.74) is 0.340. The SMILES string of the molecule is COC1CCCCC1NC(=O)C1CC12CCNCC2. The van der Waals surface area contributed by atoms with Gasteiger partial charge in [0.25, 0.3) is 0 Å². The first-order valence-corrected chi connectivity index (χ1v) is 7.79. The summed E-state index contributed by atoms with van der Waals surface area (Å²) in [5.74, 6) is 0.560. The Morgan fingerprint density at radius 1 is 1.26 bits per heavy atom. The van der Waals surface area contributed by atoms with E-state index >= 15 is 0 Å². The van der Waals surface area contributed by atoms with Crippen LogP contribution >= 0.6 is 0 Å². The number of piperidine rings is 1. The molecule has 4 heteroatoms. The highest BCUT2D eigenvalue weighted by Crippen LogP contribution is 2.58. The fourth-order valence-corrected chi connectivity index (χ4v) is 4.02. The molecular formula is C15H26N2O2. The third kappa shape index (κ3) is 2.65. The van der Waals surface area contributed by atoms with Gasteiger partial charge in [-0.05, 0) is 50.6 Å². The van der Waals surface area contributed by atoms with Gasteiger partial charge in [-0.15, -0.1) is 0 Å². The van der Waals surface area contributed by atoms with Crippen LogP contribution in [0.2, 0.25) is 0 Å². The molecule has 3 aliphatic rings. The van der Waals surface area contributed by atoms with E-state index < -0.39 is 0 Å². The molecule has 1 amide bonds. The summed E-state index contributed by atoms with van der Waals surface area (Å²) in [4.78, 5) is 12.4. The molecule has 0 aromatic rings. The quantitative estimate of drug-likeness (QED) is 0.813. The fourth-order valence-electron chi connectivity index (χ4n) is 4.02. The van der Waals surface area contributed by atoms with Gasteiger partial charge in [0.1, 0.15) is 0 Å². The number of carbonyl (C=O) groups is 1. The Morgan fingerprint density at radius 2 is 2.00 bits per heavy atom. The first-order chi connectivity index (χ1) is 9.25. The Hall–Kier alpha value is -0.610. The summed E-state index contributed by atoms with van der Waals surface area (Å²) < 4.78 is 5.52. The summed E-state index contributed by atoms with van der Waals surface area (Å²) in [6.07, 6.45) is 8.26. The Morgan fingerprint density at radius 3 is 2.74 bits per heavy atom. The largest absolute Gasteiger partial charge is 0.379 e. The molecule has 3 fully saturated rings. The smallest absolute Gasteiger partial charge is 0.224 e. The van der Waals surface area contributed by atoms with E-state index in [1.54, 1.807) is 7.11 Å². The third-order valence-electron chi connectivity index (χ3n) is 5.44. The van der Waals surface area contributed by atoms with Crippen molar-refractivity contribution >= 4 is 5.91 Å². The molecule has 1 saturated heterocycles. The monoisotopic (exact) mass is 266 g/mol. The molecule has 3 rings (SSSR count). The normalized spacial score (nSPS) is 37.0. The van der Waals surface area contributed by atoms with E-state index in [9.17, 15) is 4.79 Å².